The van der Waals surface area contributed by atoms with Gasteiger partial charge in [-0.25, -0.2) is 4.98 Å². The van der Waals surface area contributed by atoms with E-state index in [2.05, 4.69) is 10.1 Å². The maximum atomic E-state index is 13.3. The lowest BCUT2D eigenvalue weighted by Gasteiger charge is -2.15. The number of hydrogen-bond donors (Lipinski definition) is 0. The molecule has 1 aromatic rings. The summed E-state index contributed by atoms with van der Waals surface area (Å²) >= 11 is 0. The second-order valence-electron chi connectivity index (χ2n) is 6.42. The van der Waals surface area contributed by atoms with Crippen molar-refractivity contribution in [2.45, 2.75) is 57.2 Å². The molecule has 0 saturated heterocycles. The Bertz CT molecular complexity index is 799. The van der Waals surface area contributed by atoms with Crippen LogP contribution in [-0.4, -0.2) is 24.4 Å². The molecule has 0 N–H and O–H groups in total. The van der Waals surface area contributed by atoms with Crippen LogP contribution >= 0.6 is 0 Å². The van der Waals surface area contributed by atoms with Crippen molar-refractivity contribution >= 4 is 15.8 Å². The number of halogens is 3. The predicted octanol–water partition coefficient (Wildman–Crippen LogP) is 1.97. The lowest BCUT2D eigenvalue weighted by molar-refractivity contribution is -0.142. The first-order valence-corrected chi connectivity index (χ1v) is 8.73. The van der Waals surface area contributed by atoms with Gasteiger partial charge >= 0.3 is 6.18 Å². The number of oxime groups is 1. The molecule has 0 fully saturated rings. The van der Waals surface area contributed by atoms with Crippen molar-refractivity contribution in [2.24, 2.45) is 5.16 Å². The Labute approximate surface area is 138 Å². The van der Waals surface area contributed by atoms with Crippen molar-refractivity contribution in [3.05, 3.63) is 27.4 Å². The van der Waals surface area contributed by atoms with E-state index in [0.717, 1.165) is 0 Å². The number of rotatable bonds is 2. The zero-order valence-corrected chi connectivity index (χ0v) is 14.0. The molecule has 1 aromatic heterocycles. The van der Waals surface area contributed by atoms with E-state index in [1.54, 1.807) is 13.8 Å². The standard InChI is InChI=1S/C14H16F3N3O3S/c1-13(2)6-10(19-23-13)24(22)7-8-11(14(15,16)17)18-9-4-3-5-20(9)12(8)21/h3-7H2,1-2H3. The Kier molecular flexibility index (Phi) is 4.05. The highest BCUT2D eigenvalue weighted by Crippen LogP contribution is 2.31. The second-order valence-corrected chi connectivity index (χ2v) is 7.87. The molecule has 1 atom stereocenters. The highest BCUT2D eigenvalue weighted by molar-refractivity contribution is 7.99. The minimum Gasteiger partial charge on any atom is -0.389 e. The van der Waals surface area contributed by atoms with Crippen LogP contribution in [0, 0.1) is 0 Å². The largest absolute Gasteiger partial charge is 0.433 e. The summed E-state index contributed by atoms with van der Waals surface area (Å²) in [7, 11) is -1.87. The number of nitrogens with zero attached hydrogens (tertiary/aromatic N) is 3. The van der Waals surface area contributed by atoms with E-state index < -0.39 is 45.1 Å². The molecule has 10 heteroatoms. The molecule has 0 bridgehead atoms. The maximum Gasteiger partial charge on any atom is 0.433 e. The fourth-order valence-corrected chi connectivity index (χ4v) is 4.08. The van der Waals surface area contributed by atoms with Crippen LogP contribution in [0.15, 0.2) is 9.95 Å². The molecule has 0 saturated carbocycles. The van der Waals surface area contributed by atoms with Crippen molar-refractivity contribution in [1.82, 2.24) is 9.55 Å². The van der Waals surface area contributed by atoms with Crippen LogP contribution < -0.4 is 5.56 Å². The van der Waals surface area contributed by atoms with Crippen LogP contribution in [0.2, 0.25) is 0 Å². The molecular weight excluding hydrogens is 347 g/mol. The van der Waals surface area contributed by atoms with Gasteiger partial charge in [-0.2, -0.15) is 13.2 Å². The van der Waals surface area contributed by atoms with Crippen molar-refractivity contribution in [3.8, 4) is 0 Å². The lowest BCUT2D eigenvalue weighted by Crippen LogP contribution is -2.31. The SMILES string of the molecule is CC1(C)CC(S(=O)Cc2c(C(F)(F)F)nc3n(c2=O)CCC3)=NO1. The average molecular weight is 363 g/mol. The third-order valence-electron chi connectivity index (χ3n) is 3.90. The zero-order valence-electron chi connectivity index (χ0n) is 13.1. The normalized spacial score (nSPS) is 20.5. The average Bonchev–Trinajstić information content (AvgIpc) is 3.06. The Balaban J connectivity index is 1.99. The minimum absolute atomic E-state index is 0.129. The third-order valence-corrected chi connectivity index (χ3v) is 5.20. The van der Waals surface area contributed by atoms with Crippen molar-refractivity contribution in [1.29, 1.82) is 0 Å². The van der Waals surface area contributed by atoms with Crippen LogP contribution in [0.4, 0.5) is 13.2 Å². The van der Waals surface area contributed by atoms with Crippen LogP contribution in [0.5, 0.6) is 0 Å². The molecule has 0 radical (unpaired) electrons. The number of hydrogen-bond acceptors (Lipinski definition) is 5. The molecule has 2 aliphatic heterocycles. The molecule has 0 aliphatic carbocycles. The maximum absolute atomic E-state index is 13.3. The molecule has 0 spiro atoms. The number of aryl methyl sites for hydroxylation is 1. The first-order valence-electron chi connectivity index (χ1n) is 7.42. The van der Waals surface area contributed by atoms with E-state index in [1.165, 1.54) is 4.57 Å². The summed E-state index contributed by atoms with van der Waals surface area (Å²) < 4.78 is 53.5. The molecule has 2 aliphatic rings. The summed E-state index contributed by atoms with van der Waals surface area (Å²) in [6, 6.07) is 0. The highest BCUT2D eigenvalue weighted by atomic mass is 32.2. The Morgan fingerprint density at radius 1 is 1.38 bits per heavy atom. The van der Waals surface area contributed by atoms with Crippen LogP contribution in [0.1, 0.15) is 43.8 Å². The minimum atomic E-state index is -4.77. The molecule has 132 valence electrons. The first kappa shape index (κ1) is 17.1. The number of alkyl halides is 3. The van der Waals surface area contributed by atoms with Gasteiger partial charge in [0.1, 0.15) is 16.5 Å². The molecule has 0 amide bonds. The van der Waals surface area contributed by atoms with Gasteiger partial charge in [-0.1, -0.05) is 5.16 Å². The van der Waals surface area contributed by atoms with Crippen LogP contribution in [0.3, 0.4) is 0 Å². The number of fused-ring (bicyclic) bond motifs is 1. The topological polar surface area (TPSA) is 73.5 Å². The monoisotopic (exact) mass is 363 g/mol. The molecule has 6 nitrogen and oxygen atoms in total. The molecular formula is C14H16F3N3O3S. The molecule has 3 rings (SSSR count). The fourth-order valence-electron chi connectivity index (χ4n) is 2.76. The van der Waals surface area contributed by atoms with Gasteiger partial charge in [-0.3, -0.25) is 13.6 Å². The molecule has 3 heterocycles. The van der Waals surface area contributed by atoms with E-state index in [1.807, 2.05) is 0 Å². The summed E-state index contributed by atoms with van der Waals surface area (Å²) in [6.07, 6.45) is -3.64. The van der Waals surface area contributed by atoms with Crippen molar-refractivity contribution in [3.63, 3.8) is 0 Å². The van der Waals surface area contributed by atoms with Crippen LogP contribution in [0.25, 0.3) is 0 Å². The van der Waals surface area contributed by atoms with E-state index in [9.17, 15) is 22.2 Å². The summed E-state index contributed by atoms with van der Waals surface area (Å²) in [5.74, 6) is -0.441. The van der Waals surface area contributed by atoms with E-state index in [0.29, 0.717) is 19.4 Å². The Morgan fingerprint density at radius 3 is 2.67 bits per heavy atom. The van der Waals surface area contributed by atoms with E-state index in [-0.39, 0.29) is 17.3 Å². The predicted molar refractivity (Wildman–Crippen MR) is 80.9 cm³/mol. The van der Waals surface area contributed by atoms with Gasteiger partial charge in [0.25, 0.3) is 5.56 Å². The first-order chi connectivity index (χ1) is 11.1. The summed E-state index contributed by atoms with van der Waals surface area (Å²) in [5, 5.41) is 3.84. The zero-order chi connectivity index (χ0) is 17.7. The molecule has 0 aromatic carbocycles. The molecule has 1 unspecified atom stereocenters. The quantitative estimate of drug-likeness (QED) is 0.805. The van der Waals surface area contributed by atoms with Gasteiger partial charge in [0.05, 0.1) is 22.1 Å². The summed E-state index contributed by atoms with van der Waals surface area (Å²) in [5.41, 5.74) is -3.23. The Hall–Kier alpha value is -1.71. The van der Waals surface area contributed by atoms with Gasteiger partial charge in [-0.05, 0) is 20.3 Å². The second kappa shape index (κ2) is 5.68. The Morgan fingerprint density at radius 2 is 2.08 bits per heavy atom. The van der Waals surface area contributed by atoms with Crippen molar-refractivity contribution < 1.29 is 22.2 Å². The van der Waals surface area contributed by atoms with E-state index in [4.69, 9.17) is 4.84 Å². The lowest BCUT2D eigenvalue weighted by atomic mass is 10.1. The summed E-state index contributed by atoms with van der Waals surface area (Å²) in [4.78, 5) is 21.1. The van der Waals surface area contributed by atoms with Gasteiger partial charge in [0.2, 0.25) is 0 Å². The van der Waals surface area contributed by atoms with Crippen molar-refractivity contribution in [2.75, 3.05) is 0 Å². The van der Waals surface area contributed by atoms with E-state index >= 15 is 0 Å². The smallest absolute Gasteiger partial charge is 0.389 e. The highest BCUT2D eigenvalue weighted by Gasteiger charge is 2.40. The van der Waals surface area contributed by atoms with Gasteiger partial charge in [-0.15, -0.1) is 0 Å². The van der Waals surface area contributed by atoms with Crippen LogP contribution in [-0.2, 0) is 40.5 Å². The number of aromatic nitrogens is 2. The summed E-state index contributed by atoms with van der Waals surface area (Å²) in [6.45, 7) is 3.79. The molecule has 24 heavy (non-hydrogen) atoms. The van der Waals surface area contributed by atoms with Gasteiger partial charge in [0, 0.05) is 19.4 Å². The third kappa shape index (κ3) is 3.11. The van der Waals surface area contributed by atoms with Gasteiger partial charge < -0.3 is 4.84 Å². The fraction of sp³-hybridized carbons (Fsp3) is 0.643. The van der Waals surface area contributed by atoms with Gasteiger partial charge in [0.15, 0.2) is 5.69 Å².